The second-order valence-electron chi connectivity index (χ2n) is 5.04. The van der Waals surface area contributed by atoms with Crippen LogP contribution in [0.2, 0.25) is 0 Å². The lowest BCUT2D eigenvalue weighted by atomic mass is 10.2. The Bertz CT molecular complexity index is 354. The summed E-state index contributed by atoms with van der Waals surface area (Å²) in [6, 6.07) is 0. The quantitative estimate of drug-likeness (QED) is 0.546. The zero-order valence-corrected chi connectivity index (χ0v) is 13.0. The van der Waals surface area contributed by atoms with Gasteiger partial charge >= 0.3 is 11.9 Å². The van der Waals surface area contributed by atoms with Gasteiger partial charge in [-0.2, -0.15) is 0 Å². The number of nitrogens with zero attached hydrogens (tertiary/aromatic N) is 1. The highest BCUT2D eigenvalue weighted by molar-refractivity contribution is 7.57. The molecule has 0 bridgehead atoms. The van der Waals surface area contributed by atoms with E-state index in [4.69, 9.17) is 10.2 Å². The molecule has 0 aromatic heterocycles. The molecule has 0 spiro atoms. The average Bonchev–Trinajstić information content (AvgIpc) is 2.46. The third-order valence-electron chi connectivity index (χ3n) is 3.34. The van der Waals surface area contributed by atoms with Gasteiger partial charge in [0.25, 0.3) is 0 Å². The molecule has 0 aromatic rings. The van der Waals surface area contributed by atoms with Crippen LogP contribution >= 0.6 is 7.92 Å². The summed E-state index contributed by atoms with van der Waals surface area (Å²) in [5.74, 6) is -1.73. The number of nitrogens with one attached hydrogen (secondary N) is 1. The Balaban J connectivity index is 2.36. The molecular formula is C13H23N2O5P. The minimum Gasteiger partial charge on any atom is -0.481 e. The first kappa shape index (κ1) is 17.9. The lowest BCUT2D eigenvalue weighted by Gasteiger charge is -2.28. The number of carbonyl (C=O) groups excluding carboxylic acids is 1. The lowest BCUT2D eigenvalue weighted by Crippen LogP contribution is -2.47. The van der Waals surface area contributed by atoms with E-state index >= 15 is 0 Å². The van der Waals surface area contributed by atoms with Crippen molar-refractivity contribution in [3.05, 3.63) is 0 Å². The number of hydrogen-bond donors (Lipinski definition) is 3. The molecule has 0 unspecified atom stereocenters. The number of hydrogen-bond acceptors (Lipinski definition) is 4. The number of carbonyl (C=O) groups is 3. The highest BCUT2D eigenvalue weighted by Gasteiger charge is 2.19. The van der Waals surface area contributed by atoms with Crippen molar-refractivity contribution in [2.24, 2.45) is 0 Å². The fourth-order valence-electron chi connectivity index (χ4n) is 2.13. The van der Waals surface area contributed by atoms with E-state index in [1.54, 1.807) is 5.01 Å². The van der Waals surface area contributed by atoms with E-state index < -0.39 is 19.9 Å². The van der Waals surface area contributed by atoms with Crippen molar-refractivity contribution in [1.29, 1.82) is 0 Å². The molecule has 21 heavy (non-hydrogen) atoms. The van der Waals surface area contributed by atoms with Gasteiger partial charge in [0.2, 0.25) is 5.91 Å². The van der Waals surface area contributed by atoms with Gasteiger partial charge in [0.15, 0.2) is 0 Å². The molecule has 0 radical (unpaired) electrons. The molecule has 1 rings (SSSR count). The largest absolute Gasteiger partial charge is 0.481 e. The Morgan fingerprint density at radius 1 is 0.952 bits per heavy atom. The van der Waals surface area contributed by atoms with Crippen molar-refractivity contribution in [2.45, 2.75) is 32.1 Å². The van der Waals surface area contributed by atoms with Crippen molar-refractivity contribution in [3.8, 4) is 0 Å². The maximum absolute atomic E-state index is 12.0. The van der Waals surface area contributed by atoms with Crippen molar-refractivity contribution in [2.75, 3.05) is 31.6 Å². The Morgan fingerprint density at radius 2 is 1.52 bits per heavy atom. The van der Waals surface area contributed by atoms with Crippen LogP contribution in [-0.4, -0.2) is 64.6 Å². The maximum Gasteiger partial charge on any atom is 0.303 e. The number of amides is 1. The molecule has 0 atom stereocenters. The van der Waals surface area contributed by atoms with Gasteiger partial charge in [-0.25, -0.2) is 5.43 Å². The smallest absolute Gasteiger partial charge is 0.303 e. The summed E-state index contributed by atoms with van der Waals surface area (Å²) >= 11 is 0. The summed E-state index contributed by atoms with van der Waals surface area (Å²) in [6.45, 7) is 1.51. The minimum absolute atomic E-state index is 0.0212. The molecule has 1 amide bonds. The highest BCUT2D eigenvalue weighted by Crippen LogP contribution is 2.37. The van der Waals surface area contributed by atoms with Gasteiger partial charge in [-0.05, 0) is 31.3 Å². The molecule has 1 saturated heterocycles. The minimum atomic E-state index is -0.873. The first-order chi connectivity index (χ1) is 9.99. The van der Waals surface area contributed by atoms with Crippen LogP contribution in [0.15, 0.2) is 0 Å². The molecular weight excluding hydrogens is 295 g/mol. The summed E-state index contributed by atoms with van der Waals surface area (Å²) in [5.41, 5.74) is 3.05. The zero-order valence-electron chi connectivity index (χ0n) is 12.1. The molecule has 8 heteroatoms. The number of rotatable bonds is 9. The number of hydrazine groups is 1. The number of carboxylic acid groups (broad SMARTS) is 2. The first-order valence-corrected chi connectivity index (χ1v) is 9.08. The molecule has 0 aromatic carbocycles. The first-order valence-electron chi connectivity index (χ1n) is 7.19. The molecule has 1 heterocycles. The normalized spacial score (nSPS) is 15.2. The SMILES string of the molecule is O=C(O)CCP(CCC(=O)O)CCC(=O)N1CCCCN1. The van der Waals surface area contributed by atoms with Gasteiger partial charge in [0, 0.05) is 32.4 Å². The molecule has 120 valence electrons. The Hall–Kier alpha value is -1.20. The van der Waals surface area contributed by atoms with Crippen LogP contribution in [0.3, 0.4) is 0 Å². The van der Waals surface area contributed by atoms with Crippen molar-refractivity contribution in [1.82, 2.24) is 10.4 Å². The molecule has 1 aliphatic rings. The van der Waals surface area contributed by atoms with E-state index in [0.29, 0.717) is 31.5 Å². The Labute approximate surface area is 125 Å². The van der Waals surface area contributed by atoms with Crippen LogP contribution in [-0.2, 0) is 14.4 Å². The Morgan fingerprint density at radius 3 is 2.00 bits per heavy atom. The van der Waals surface area contributed by atoms with Gasteiger partial charge in [-0.15, -0.1) is 7.92 Å². The predicted molar refractivity (Wildman–Crippen MR) is 79.6 cm³/mol. The van der Waals surface area contributed by atoms with Crippen LogP contribution < -0.4 is 5.43 Å². The summed E-state index contributed by atoms with van der Waals surface area (Å²) < 4.78 is 0. The topological polar surface area (TPSA) is 107 Å². The molecule has 0 saturated carbocycles. The maximum atomic E-state index is 12.0. The van der Waals surface area contributed by atoms with Crippen LogP contribution in [0.25, 0.3) is 0 Å². The molecule has 3 N–H and O–H groups in total. The lowest BCUT2D eigenvalue weighted by molar-refractivity contribution is -0.137. The van der Waals surface area contributed by atoms with Gasteiger partial charge in [-0.3, -0.25) is 19.4 Å². The third-order valence-corrected chi connectivity index (χ3v) is 5.91. The van der Waals surface area contributed by atoms with Crippen molar-refractivity contribution < 1.29 is 24.6 Å². The molecule has 0 aliphatic carbocycles. The zero-order chi connectivity index (χ0) is 15.7. The van der Waals surface area contributed by atoms with Crippen molar-refractivity contribution >= 4 is 25.8 Å². The number of aliphatic carboxylic acids is 2. The van der Waals surface area contributed by atoms with E-state index in [0.717, 1.165) is 19.4 Å². The van der Waals surface area contributed by atoms with E-state index in [-0.39, 0.29) is 18.7 Å². The average molecular weight is 318 g/mol. The number of carboxylic acids is 2. The third kappa shape index (κ3) is 7.97. The predicted octanol–water partition coefficient (Wildman–Crippen LogP) is 0.935. The van der Waals surface area contributed by atoms with Crippen LogP contribution in [0.4, 0.5) is 0 Å². The van der Waals surface area contributed by atoms with Crippen molar-refractivity contribution in [3.63, 3.8) is 0 Å². The fraction of sp³-hybridized carbons (Fsp3) is 0.769. The highest BCUT2D eigenvalue weighted by atomic mass is 31.1. The second kappa shape index (κ2) is 9.68. The monoisotopic (exact) mass is 318 g/mol. The van der Waals surface area contributed by atoms with Gasteiger partial charge < -0.3 is 10.2 Å². The van der Waals surface area contributed by atoms with E-state index in [9.17, 15) is 14.4 Å². The summed E-state index contributed by atoms with van der Waals surface area (Å²) in [5, 5.41) is 19.1. The van der Waals surface area contributed by atoms with E-state index in [1.165, 1.54) is 0 Å². The van der Waals surface area contributed by atoms with E-state index in [1.807, 2.05) is 0 Å². The molecule has 1 fully saturated rings. The standard InChI is InChI=1S/C13H23N2O5P/c16-11(15-7-2-1-6-14-15)3-8-21(9-4-12(17)18)10-5-13(19)20/h14H,1-10H2,(H,17,18)(H,19,20). The van der Waals surface area contributed by atoms with Crippen LogP contribution in [0.5, 0.6) is 0 Å². The Kier molecular flexibility index (Phi) is 8.23. The summed E-state index contributed by atoms with van der Waals surface area (Å²) in [4.78, 5) is 33.3. The van der Waals surface area contributed by atoms with Crippen LogP contribution in [0, 0.1) is 0 Å². The fourth-order valence-corrected chi connectivity index (χ4v) is 4.33. The van der Waals surface area contributed by atoms with Crippen LogP contribution in [0.1, 0.15) is 32.1 Å². The molecule has 7 nitrogen and oxygen atoms in total. The van der Waals surface area contributed by atoms with Gasteiger partial charge in [0.1, 0.15) is 0 Å². The summed E-state index contributed by atoms with van der Waals surface area (Å²) in [7, 11) is -0.716. The summed E-state index contributed by atoms with van der Waals surface area (Å²) in [6.07, 6.45) is 4.07. The molecule has 1 aliphatic heterocycles. The van der Waals surface area contributed by atoms with Gasteiger partial charge in [0.05, 0.1) is 0 Å². The van der Waals surface area contributed by atoms with Gasteiger partial charge in [-0.1, -0.05) is 0 Å². The van der Waals surface area contributed by atoms with E-state index in [2.05, 4.69) is 5.43 Å². The second-order valence-corrected chi connectivity index (χ2v) is 7.72.